The Morgan fingerprint density at radius 3 is 2.20 bits per heavy atom. The third kappa shape index (κ3) is 4.14. The Morgan fingerprint density at radius 1 is 0.967 bits per heavy atom. The first-order chi connectivity index (χ1) is 14.4. The molecule has 4 heteroatoms. The molecule has 3 rings (SSSR count). The summed E-state index contributed by atoms with van der Waals surface area (Å²) in [5, 5.41) is 0. The second-order valence-corrected chi connectivity index (χ2v) is 8.53. The van der Waals surface area contributed by atoms with Gasteiger partial charge >= 0.3 is 0 Å². The molecule has 0 aliphatic carbocycles. The molecule has 0 spiro atoms. The van der Waals surface area contributed by atoms with E-state index in [9.17, 15) is 9.59 Å². The normalized spacial score (nSPS) is 20.2. The summed E-state index contributed by atoms with van der Waals surface area (Å²) < 4.78 is 0. The van der Waals surface area contributed by atoms with Gasteiger partial charge in [-0.2, -0.15) is 0 Å². The zero-order valence-electron chi connectivity index (χ0n) is 18.8. The van der Waals surface area contributed by atoms with Crippen molar-refractivity contribution in [2.24, 2.45) is 11.8 Å². The van der Waals surface area contributed by atoms with E-state index in [1.807, 2.05) is 79.1 Å². The third-order valence-electron chi connectivity index (χ3n) is 6.45. The van der Waals surface area contributed by atoms with Crippen LogP contribution in [0.3, 0.4) is 0 Å². The van der Waals surface area contributed by atoms with Gasteiger partial charge in [0.05, 0.1) is 6.04 Å². The number of carbonyl (C=O) groups excluding carboxylic acids is 2. The van der Waals surface area contributed by atoms with Gasteiger partial charge in [-0.25, -0.2) is 0 Å². The molecule has 30 heavy (non-hydrogen) atoms. The molecule has 0 radical (unpaired) electrons. The summed E-state index contributed by atoms with van der Waals surface area (Å²) in [4.78, 5) is 30.6. The highest BCUT2D eigenvalue weighted by Gasteiger charge is 2.39. The van der Waals surface area contributed by atoms with Crippen molar-refractivity contribution in [3.8, 4) is 0 Å². The molecule has 4 nitrogen and oxygen atoms in total. The first kappa shape index (κ1) is 22.1. The summed E-state index contributed by atoms with van der Waals surface area (Å²) in [5.74, 6) is 0.212. The first-order valence-corrected chi connectivity index (χ1v) is 11.2. The van der Waals surface area contributed by atoms with Crippen LogP contribution in [0.2, 0.25) is 0 Å². The van der Waals surface area contributed by atoms with Crippen LogP contribution in [-0.4, -0.2) is 17.9 Å². The number of fused-ring (bicyclic) bond motifs is 1. The average Bonchev–Trinajstić information content (AvgIpc) is 2.78. The van der Waals surface area contributed by atoms with E-state index in [-0.39, 0.29) is 35.7 Å². The number of amides is 2. The van der Waals surface area contributed by atoms with Gasteiger partial charge in [-0.05, 0) is 49.9 Å². The summed E-state index contributed by atoms with van der Waals surface area (Å²) >= 11 is 0. The molecule has 2 aromatic carbocycles. The summed E-state index contributed by atoms with van der Waals surface area (Å²) in [5.41, 5.74) is 2.90. The van der Waals surface area contributed by atoms with E-state index in [1.165, 1.54) is 0 Å². The first-order valence-electron chi connectivity index (χ1n) is 11.2. The Balaban J connectivity index is 2.11. The molecule has 2 amide bonds. The molecule has 0 unspecified atom stereocenters. The Labute approximate surface area is 180 Å². The van der Waals surface area contributed by atoms with E-state index in [0.29, 0.717) is 0 Å². The minimum atomic E-state index is -0.0962. The third-order valence-corrected chi connectivity index (χ3v) is 6.45. The van der Waals surface area contributed by atoms with E-state index < -0.39 is 0 Å². The summed E-state index contributed by atoms with van der Waals surface area (Å²) in [6.45, 7) is 10.2. The SMILES string of the molecule is CC[C@H](C)C(=O)N1c2ccccc2[C@H](N(C(=O)[C@@H](C)CC)c2ccccc2)C[C@H]1C. The number of nitrogens with zero attached hydrogens (tertiary/aromatic N) is 2. The van der Waals surface area contributed by atoms with Crippen molar-refractivity contribution in [2.45, 2.75) is 66.0 Å². The number of para-hydroxylation sites is 2. The van der Waals surface area contributed by atoms with Crippen LogP contribution in [0, 0.1) is 11.8 Å². The lowest BCUT2D eigenvalue weighted by molar-refractivity contribution is -0.122. The van der Waals surface area contributed by atoms with Crippen molar-refractivity contribution < 1.29 is 9.59 Å². The minimum Gasteiger partial charge on any atom is -0.309 e. The van der Waals surface area contributed by atoms with Gasteiger partial charge in [0.2, 0.25) is 11.8 Å². The van der Waals surface area contributed by atoms with Crippen LogP contribution in [0.25, 0.3) is 0 Å². The van der Waals surface area contributed by atoms with Gasteiger partial charge in [-0.3, -0.25) is 9.59 Å². The molecular weight excluding hydrogens is 372 g/mol. The molecule has 0 saturated heterocycles. The molecule has 0 N–H and O–H groups in total. The number of benzene rings is 2. The Hall–Kier alpha value is -2.62. The van der Waals surface area contributed by atoms with Crippen LogP contribution in [0.15, 0.2) is 54.6 Å². The minimum absolute atomic E-state index is 0.0161. The van der Waals surface area contributed by atoms with Crippen LogP contribution < -0.4 is 9.80 Å². The molecule has 1 aliphatic heterocycles. The van der Waals surface area contributed by atoms with Crippen molar-refractivity contribution in [1.82, 2.24) is 0 Å². The number of carbonyl (C=O) groups is 2. The predicted octanol–water partition coefficient (Wildman–Crippen LogP) is 5.98. The molecule has 0 saturated carbocycles. The maximum absolute atomic E-state index is 13.5. The summed E-state index contributed by atoms with van der Waals surface area (Å²) in [7, 11) is 0. The van der Waals surface area contributed by atoms with Crippen LogP contribution >= 0.6 is 0 Å². The number of rotatable bonds is 6. The lowest BCUT2D eigenvalue weighted by atomic mass is 9.88. The maximum Gasteiger partial charge on any atom is 0.230 e. The molecule has 0 bridgehead atoms. The lowest BCUT2D eigenvalue weighted by Gasteiger charge is -2.44. The van der Waals surface area contributed by atoms with Crippen molar-refractivity contribution in [1.29, 1.82) is 0 Å². The monoisotopic (exact) mass is 406 g/mol. The fourth-order valence-corrected chi connectivity index (χ4v) is 4.24. The van der Waals surface area contributed by atoms with E-state index in [2.05, 4.69) is 19.9 Å². The Morgan fingerprint density at radius 2 is 1.57 bits per heavy atom. The highest BCUT2D eigenvalue weighted by molar-refractivity contribution is 5.99. The highest BCUT2D eigenvalue weighted by Crippen LogP contribution is 2.43. The zero-order chi connectivity index (χ0) is 21.8. The van der Waals surface area contributed by atoms with Gasteiger partial charge in [0, 0.05) is 29.3 Å². The van der Waals surface area contributed by atoms with Crippen LogP contribution in [0.1, 0.15) is 65.5 Å². The fourth-order valence-electron chi connectivity index (χ4n) is 4.24. The second kappa shape index (κ2) is 9.46. The van der Waals surface area contributed by atoms with Crippen molar-refractivity contribution in [2.75, 3.05) is 9.80 Å². The highest BCUT2D eigenvalue weighted by atomic mass is 16.2. The van der Waals surface area contributed by atoms with Gasteiger partial charge in [-0.15, -0.1) is 0 Å². The van der Waals surface area contributed by atoms with Gasteiger partial charge < -0.3 is 9.80 Å². The van der Waals surface area contributed by atoms with E-state index in [4.69, 9.17) is 0 Å². The zero-order valence-corrected chi connectivity index (χ0v) is 18.8. The largest absolute Gasteiger partial charge is 0.309 e. The van der Waals surface area contributed by atoms with Crippen molar-refractivity contribution in [3.63, 3.8) is 0 Å². The standard InChI is InChI=1S/C26H34N2O2/c1-6-18(3)25(29)27-20(5)17-24(22-15-11-12-16-23(22)27)28(26(30)19(4)7-2)21-13-9-8-10-14-21/h8-16,18-20,24H,6-7,17H2,1-5H3/t18-,19-,20+,24+/m0/s1. The molecule has 4 atom stereocenters. The van der Waals surface area contributed by atoms with Gasteiger partial charge in [0.15, 0.2) is 0 Å². The smallest absolute Gasteiger partial charge is 0.230 e. The fraction of sp³-hybridized carbons (Fsp3) is 0.462. The number of hydrogen-bond donors (Lipinski definition) is 0. The molecule has 1 heterocycles. The molecule has 2 aromatic rings. The second-order valence-electron chi connectivity index (χ2n) is 8.53. The topological polar surface area (TPSA) is 40.6 Å². The van der Waals surface area contributed by atoms with Gasteiger partial charge in [0.25, 0.3) is 0 Å². The average molecular weight is 407 g/mol. The molecular formula is C26H34N2O2. The van der Waals surface area contributed by atoms with Crippen molar-refractivity contribution >= 4 is 23.2 Å². The number of hydrogen-bond acceptors (Lipinski definition) is 2. The Bertz CT molecular complexity index is 880. The van der Waals surface area contributed by atoms with Crippen LogP contribution in [0.5, 0.6) is 0 Å². The van der Waals surface area contributed by atoms with Gasteiger partial charge in [0.1, 0.15) is 0 Å². The van der Waals surface area contributed by atoms with E-state index in [1.54, 1.807) is 0 Å². The van der Waals surface area contributed by atoms with Gasteiger partial charge in [-0.1, -0.05) is 64.1 Å². The van der Waals surface area contributed by atoms with E-state index >= 15 is 0 Å². The molecule has 1 aliphatic rings. The summed E-state index contributed by atoms with van der Waals surface area (Å²) in [6, 6.07) is 17.9. The molecule has 0 fully saturated rings. The van der Waals surface area contributed by atoms with E-state index in [0.717, 1.165) is 36.2 Å². The molecule has 160 valence electrons. The predicted molar refractivity (Wildman–Crippen MR) is 124 cm³/mol. The number of anilines is 2. The van der Waals surface area contributed by atoms with Crippen LogP contribution in [0.4, 0.5) is 11.4 Å². The van der Waals surface area contributed by atoms with Crippen molar-refractivity contribution in [3.05, 3.63) is 60.2 Å². The summed E-state index contributed by atoms with van der Waals surface area (Å²) in [6.07, 6.45) is 2.33. The molecule has 0 aromatic heterocycles. The van der Waals surface area contributed by atoms with Crippen LogP contribution in [-0.2, 0) is 9.59 Å². The Kier molecular flexibility index (Phi) is 6.96. The quantitative estimate of drug-likeness (QED) is 0.592. The maximum atomic E-state index is 13.5. The lowest BCUT2D eigenvalue weighted by Crippen LogP contribution is -2.49.